The minimum Gasteiger partial charge on any atom is -0.330 e. The summed E-state index contributed by atoms with van der Waals surface area (Å²) in [7, 11) is 0. The SMILES string of the molecule is S=C(N/N=C/c1cccs1)Nc1ccc(Cl)cc1Cl. The quantitative estimate of drug-likeness (QED) is 0.498. The molecule has 0 amide bonds. The molecular weight excluding hydrogens is 321 g/mol. The van der Waals surface area contributed by atoms with Gasteiger partial charge in [-0.25, -0.2) is 0 Å². The van der Waals surface area contributed by atoms with E-state index >= 15 is 0 Å². The van der Waals surface area contributed by atoms with E-state index in [1.807, 2.05) is 17.5 Å². The number of benzene rings is 1. The van der Waals surface area contributed by atoms with Gasteiger partial charge in [0.25, 0.3) is 0 Å². The highest BCUT2D eigenvalue weighted by Crippen LogP contribution is 2.25. The number of hydrogen-bond acceptors (Lipinski definition) is 3. The molecule has 1 aromatic heterocycles. The van der Waals surface area contributed by atoms with Gasteiger partial charge in [0.2, 0.25) is 0 Å². The van der Waals surface area contributed by atoms with Crippen LogP contribution >= 0.6 is 46.8 Å². The van der Waals surface area contributed by atoms with E-state index in [0.717, 1.165) is 4.88 Å². The molecule has 2 rings (SSSR count). The minimum atomic E-state index is 0.358. The Balaban J connectivity index is 1.91. The lowest BCUT2D eigenvalue weighted by Gasteiger charge is -2.08. The number of thiophene rings is 1. The molecule has 0 bridgehead atoms. The predicted octanol–water partition coefficient (Wildman–Crippen LogP) is 4.38. The highest BCUT2D eigenvalue weighted by atomic mass is 35.5. The largest absolute Gasteiger partial charge is 0.330 e. The average molecular weight is 330 g/mol. The first kappa shape index (κ1) is 14.3. The molecule has 0 saturated heterocycles. The van der Waals surface area contributed by atoms with Crippen LogP contribution in [0.5, 0.6) is 0 Å². The van der Waals surface area contributed by atoms with Gasteiger partial charge in [0.1, 0.15) is 0 Å². The van der Waals surface area contributed by atoms with Gasteiger partial charge in [0, 0.05) is 9.90 Å². The zero-order chi connectivity index (χ0) is 13.7. The van der Waals surface area contributed by atoms with Gasteiger partial charge in [-0.05, 0) is 41.9 Å². The number of thiocarbonyl (C=S) groups is 1. The molecule has 7 heteroatoms. The standard InChI is InChI=1S/C12H9Cl2N3S2/c13-8-3-4-11(10(14)6-8)16-12(18)17-15-7-9-2-1-5-19-9/h1-7H,(H2,16,17,18)/b15-7+. The number of nitrogens with one attached hydrogen (secondary N) is 2. The van der Waals surface area contributed by atoms with Crippen LogP contribution in [0.3, 0.4) is 0 Å². The molecular formula is C12H9Cl2N3S2. The van der Waals surface area contributed by atoms with Crippen molar-refractivity contribution in [2.24, 2.45) is 5.10 Å². The van der Waals surface area contributed by atoms with Crippen LogP contribution in [0.1, 0.15) is 4.88 Å². The van der Waals surface area contributed by atoms with Crippen LogP contribution in [-0.2, 0) is 0 Å². The third kappa shape index (κ3) is 4.47. The molecule has 19 heavy (non-hydrogen) atoms. The van der Waals surface area contributed by atoms with E-state index in [-0.39, 0.29) is 0 Å². The average Bonchev–Trinajstić information content (AvgIpc) is 2.86. The van der Waals surface area contributed by atoms with Crippen molar-refractivity contribution in [1.82, 2.24) is 5.43 Å². The fourth-order valence-corrected chi connectivity index (χ4v) is 2.46. The third-order valence-corrected chi connectivity index (χ3v) is 3.63. The smallest absolute Gasteiger partial charge is 0.191 e. The Labute approximate surface area is 130 Å². The highest BCUT2D eigenvalue weighted by molar-refractivity contribution is 7.80. The first-order chi connectivity index (χ1) is 9.15. The first-order valence-corrected chi connectivity index (χ1v) is 7.28. The molecule has 0 radical (unpaired) electrons. The first-order valence-electron chi connectivity index (χ1n) is 5.24. The minimum absolute atomic E-state index is 0.358. The van der Waals surface area contributed by atoms with Gasteiger partial charge in [-0.15, -0.1) is 11.3 Å². The van der Waals surface area contributed by atoms with E-state index in [1.165, 1.54) is 0 Å². The van der Waals surface area contributed by atoms with Crippen LogP contribution in [0, 0.1) is 0 Å². The lowest BCUT2D eigenvalue weighted by atomic mass is 10.3. The van der Waals surface area contributed by atoms with Crippen LogP contribution in [0.25, 0.3) is 0 Å². The Morgan fingerprint density at radius 1 is 1.32 bits per heavy atom. The van der Waals surface area contributed by atoms with Crippen LogP contribution in [0.4, 0.5) is 5.69 Å². The predicted molar refractivity (Wildman–Crippen MR) is 87.7 cm³/mol. The normalized spacial score (nSPS) is 10.6. The molecule has 3 nitrogen and oxygen atoms in total. The molecule has 0 aliphatic rings. The molecule has 98 valence electrons. The van der Waals surface area contributed by atoms with Gasteiger partial charge in [0.05, 0.1) is 16.9 Å². The fraction of sp³-hybridized carbons (Fsp3) is 0. The van der Waals surface area contributed by atoms with Gasteiger partial charge >= 0.3 is 0 Å². The summed E-state index contributed by atoms with van der Waals surface area (Å²) < 4.78 is 0. The molecule has 0 atom stereocenters. The number of halogens is 2. The highest BCUT2D eigenvalue weighted by Gasteiger charge is 2.02. The zero-order valence-electron chi connectivity index (χ0n) is 9.56. The van der Waals surface area contributed by atoms with E-state index in [9.17, 15) is 0 Å². The van der Waals surface area contributed by atoms with Crippen LogP contribution in [0.2, 0.25) is 10.0 Å². The molecule has 2 N–H and O–H groups in total. The summed E-state index contributed by atoms with van der Waals surface area (Å²) in [6.07, 6.45) is 1.70. The molecule has 1 aromatic carbocycles. The number of rotatable bonds is 3. The van der Waals surface area contributed by atoms with Crippen molar-refractivity contribution in [3.8, 4) is 0 Å². The van der Waals surface area contributed by atoms with Crippen LogP contribution in [0.15, 0.2) is 40.8 Å². The van der Waals surface area contributed by atoms with Crippen molar-refractivity contribution in [2.45, 2.75) is 0 Å². The third-order valence-electron chi connectivity index (χ3n) is 2.08. The van der Waals surface area contributed by atoms with E-state index < -0.39 is 0 Å². The van der Waals surface area contributed by atoms with E-state index in [2.05, 4.69) is 15.8 Å². The van der Waals surface area contributed by atoms with Crippen molar-refractivity contribution < 1.29 is 0 Å². The summed E-state index contributed by atoms with van der Waals surface area (Å²) in [5, 5.41) is 10.4. The summed E-state index contributed by atoms with van der Waals surface area (Å²) in [5.74, 6) is 0. The number of anilines is 1. The number of nitrogens with zero attached hydrogens (tertiary/aromatic N) is 1. The van der Waals surface area contributed by atoms with Crippen LogP contribution in [-0.4, -0.2) is 11.3 Å². The van der Waals surface area contributed by atoms with Crippen molar-refractivity contribution in [2.75, 3.05) is 5.32 Å². The Hall–Kier alpha value is -1.14. The van der Waals surface area contributed by atoms with E-state index in [4.69, 9.17) is 35.4 Å². The van der Waals surface area contributed by atoms with E-state index in [0.29, 0.717) is 20.8 Å². The maximum atomic E-state index is 6.02. The number of hydrazone groups is 1. The maximum absolute atomic E-state index is 6.02. The molecule has 0 fully saturated rings. The van der Waals surface area contributed by atoms with Gasteiger partial charge in [-0.3, -0.25) is 5.43 Å². The molecule has 0 aliphatic carbocycles. The van der Waals surface area contributed by atoms with Crippen LogP contribution < -0.4 is 10.7 Å². The second-order valence-electron chi connectivity index (χ2n) is 3.46. The van der Waals surface area contributed by atoms with Crippen molar-refractivity contribution in [1.29, 1.82) is 0 Å². The Kier molecular flexibility index (Phi) is 5.15. The Bertz CT molecular complexity index is 597. The second-order valence-corrected chi connectivity index (χ2v) is 5.69. The molecule has 0 spiro atoms. The lowest BCUT2D eigenvalue weighted by molar-refractivity contribution is 1.05. The molecule has 0 aliphatic heterocycles. The molecule has 2 aromatic rings. The molecule has 0 unspecified atom stereocenters. The topological polar surface area (TPSA) is 36.4 Å². The van der Waals surface area contributed by atoms with Gasteiger partial charge < -0.3 is 5.32 Å². The van der Waals surface area contributed by atoms with Gasteiger partial charge in [-0.1, -0.05) is 29.3 Å². The summed E-state index contributed by atoms with van der Waals surface area (Å²) in [6.45, 7) is 0. The molecule has 1 heterocycles. The number of hydrogen-bond donors (Lipinski definition) is 2. The summed E-state index contributed by atoms with van der Waals surface area (Å²) in [6, 6.07) is 9.04. The van der Waals surface area contributed by atoms with Crippen molar-refractivity contribution in [3.63, 3.8) is 0 Å². The summed E-state index contributed by atoms with van der Waals surface area (Å²) in [5.41, 5.74) is 3.39. The monoisotopic (exact) mass is 329 g/mol. The van der Waals surface area contributed by atoms with Gasteiger partial charge in [-0.2, -0.15) is 5.10 Å². The Morgan fingerprint density at radius 3 is 2.84 bits per heavy atom. The molecule has 0 saturated carbocycles. The zero-order valence-corrected chi connectivity index (χ0v) is 12.7. The van der Waals surface area contributed by atoms with Gasteiger partial charge in [0.15, 0.2) is 5.11 Å². The fourth-order valence-electron chi connectivity index (χ4n) is 1.26. The Morgan fingerprint density at radius 2 is 2.16 bits per heavy atom. The lowest BCUT2D eigenvalue weighted by Crippen LogP contribution is -2.23. The van der Waals surface area contributed by atoms with Crippen molar-refractivity contribution in [3.05, 3.63) is 50.6 Å². The second kappa shape index (κ2) is 6.86. The summed E-state index contributed by atoms with van der Waals surface area (Å²) in [4.78, 5) is 1.04. The maximum Gasteiger partial charge on any atom is 0.191 e. The van der Waals surface area contributed by atoms with Crippen molar-refractivity contribution >= 4 is 63.8 Å². The van der Waals surface area contributed by atoms with E-state index in [1.54, 1.807) is 35.8 Å². The summed E-state index contributed by atoms with van der Waals surface area (Å²) >= 11 is 18.5.